The number of hydrogen-bond donors (Lipinski definition) is 1. The number of hydrogen-bond acceptors (Lipinski definition) is 3. The Hall–Kier alpha value is -1.53. The van der Waals surface area contributed by atoms with E-state index in [0.29, 0.717) is 6.42 Å². The number of rotatable bonds is 2. The Morgan fingerprint density at radius 2 is 2.11 bits per heavy atom. The molecule has 0 radical (unpaired) electrons. The molecular formula is C15H21N3. The summed E-state index contributed by atoms with van der Waals surface area (Å²) in [5.74, 6) is 0. The van der Waals surface area contributed by atoms with Gasteiger partial charge in [0, 0.05) is 18.8 Å². The predicted molar refractivity (Wildman–Crippen MR) is 74.8 cm³/mol. The lowest BCUT2D eigenvalue weighted by Crippen LogP contribution is -2.40. The molecule has 0 spiro atoms. The summed E-state index contributed by atoms with van der Waals surface area (Å²) in [5.41, 5.74) is 3.93. The Kier molecular flexibility index (Phi) is 4.22. The van der Waals surface area contributed by atoms with Crippen LogP contribution in [-0.4, -0.2) is 25.7 Å². The molecule has 1 aromatic rings. The van der Waals surface area contributed by atoms with Gasteiger partial charge in [-0.15, -0.1) is 0 Å². The van der Waals surface area contributed by atoms with Crippen molar-refractivity contribution in [2.45, 2.75) is 32.7 Å². The maximum Gasteiger partial charge on any atom is 0.0643 e. The van der Waals surface area contributed by atoms with Crippen LogP contribution in [0.15, 0.2) is 18.2 Å². The third kappa shape index (κ3) is 2.65. The van der Waals surface area contributed by atoms with Crippen molar-refractivity contribution in [1.29, 1.82) is 5.26 Å². The highest BCUT2D eigenvalue weighted by atomic mass is 15.2. The van der Waals surface area contributed by atoms with Gasteiger partial charge in [0.05, 0.1) is 18.5 Å². The van der Waals surface area contributed by atoms with Crippen LogP contribution in [0.25, 0.3) is 0 Å². The monoisotopic (exact) mass is 243 g/mol. The van der Waals surface area contributed by atoms with Crippen molar-refractivity contribution in [2.24, 2.45) is 0 Å². The molecule has 0 aromatic heterocycles. The summed E-state index contributed by atoms with van der Waals surface area (Å²) < 4.78 is 0. The standard InChI is InChI=1S/C15H21N3/c1-12-5-3-6-13(2)15(12)18-10-4-9-17-11-14(18)7-8-16/h3,5-6,14,17H,4,7,9-11H2,1-2H3. The van der Waals surface area contributed by atoms with Gasteiger partial charge in [-0.1, -0.05) is 18.2 Å². The maximum absolute atomic E-state index is 9.01. The second-order valence-corrected chi connectivity index (χ2v) is 5.01. The van der Waals surface area contributed by atoms with Crippen LogP contribution in [0.3, 0.4) is 0 Å². The van der Waals surface area contributed by atoms with Crippen LogP contribution < -0.4 is 10.2 Å². The van der Waals surface area contributed by atoms with E-state index in [2.05, 4.69) is 48.3 Å². The van der Waals surface area contributed by atoms with Crippen LogP contribution in [0.1, 0.15) is 24.0 Å². The number of para-hydroxylation sites is 1. The number of nitriles is 1. The summed E-state index contributed by atoms with van der Waals surface area (Å²) >= 11 is 0. The predicted octanol–water partition coefficient (Wildman–Crippen LogP) is 2.39. The lowest BCUT2D eigenvalue weighted by molar-refractivity contribution is 0.595. The Balaban J connectivity index is 2.35. The molecule has 2 rings (SSSR count). The van der Waals surface area contributed by atoms with E-state index in [1.807, 2.05) is 0 Å². The summed E-state index contributed by atoms with van der Waals surface area (Å²) in [6.07, 6.45) is 1.72. The van der Waals surface area contributed by atoms with Crippen LogP contribution in [0.4, 0.5) is 5.69 Å². The minimum atomic E-state index is 0.289. The first-order valence-electron chi connectivity index (χ1n) is 6.64. The molecule has 18 heavy (non-hydrogen) atoms. The van der Waals surface area contributed by atoms with Crippen molar-refractivity contribution in [3.05, 3.63) is 29.3 Å². The van der Waals surface area contributed by atoms with E-state index in [0.717, 1.165) is 26.1 Å². The summed E-state index contributed by atoms with van der Waals surface area (Å²) in [6, 6.07) is 9.03. The third-order valence-corrected chi connectivity index (χ3v) is 3.63. The fraction of sp³-hybridized carbons (Fsp3) is 0.533. The van der Waals surface area contributed by atoms with Gasteiger partial charge in [-0.05, 0) is 37.9 Å². The van der Waals surface area contributed by atoms with Crippen molar-refractivity contribution in [1.82, 2.24) is 5.32 Å². The van der Waals surface area contributed by atoms with Gasteiger partial charge in [0.15, 0.2) is 0 Å². The van der Waals surface area contributed by atoms with Gasteiger partial charge in [-0.2, -0.15) is 5.26 Å². The molecule has 0 aliphatic carbocycles. The molecule has 1 atom stereocenters. The molecule has 0 saturated carbocycles. The van der Waals surface area contributed by atoms with E-state index < -0.39 is 0 Å². The number of anilines is 1. The summed E-state index contributed by atoms with van der Waals surface area (Å²) in [6.45, 7) is 7.30. The minimum Gasteiger partial charge on any atom is -0.366 e. The second kappa shape index (κ2) is 5.88. The first-order valence-corrected chi connectivity index (χ1v) is 6.64. The summed E-state index contributed by atoms with van der Waals surface area (Å²) in [7, 11) is 0. The van der Waals surface area contributed by atoms with Crippen LogP contribution in [0.5, 0.6) is 0 Å². The first-order chi connectivity index (χ1) is 8.74. The third-order valence-electron chi connectivity index (χ3n) is 3.63. The normalized spacial score (nSPS) is 20.3. The number of benzene rings is 1. The molecule has 3 nitrogen and oxygen atoms in total. The SMILES string of the molecule is Cc1cccc(C)c1N1CCCNCC1CC#N. The fourth-order valence-corrected chi connectivity index (χ4v) is 2.78. The van der Waals surface area contributed by atoms with Gasteiger partial charge < -0.3 is 10.2 Å². The van der Waals surface area contributed by atoms with E-state index >= 15 is 0 Å². The van der Waals surface area contributed by atoms with E-state index in [4.69, 9.17) is 5.26 Å². The fourth-order valence-electron chi connectivity index (χ4n) is 2.78. The van der Waals surface area contributed by atoms with E-state index in [-0.39, 0.29) is 6.04 Å². The molecule has 0 bridgehead atoms. The molecule has 1 aromatic carbocycles. The molecule has 1 aliphatic heterocycles. The molecule has 0 amide bonds. The summed E-state index contributed by atoms with van der Waals surface area (Å²) in [5, 5.41) is 12.4. The molecule has 1 fully saturated rings. The Bertz CT molecular complexity index is 427. The van der Waals surface area contributed by atoms with Gasteiger partial charge in [-0.25, -0.2) is 0 Å². The van der Waals surface area contributed by atoms with E-state index in [9.17, 15) is 0 Å². The molecular weight excluding hydrogens is 222 g/mol. The first kappa shape index (κ1) is 12.9. The van der Waals surface area contributed by atoms with Gasteiger partial charge in [0.25, 0.3) is 0 Å². The van der Waals surface area contributed by atoms with Crippen LogP contribution in [0.2, 0.25) is 0 Å². The van der Waals surface area contributed by atoms with Gasteiger partial charge >= 0.3 is 0 Å². The topological polar surface area (TPSA) is 39.1 Å². The molecule has 96 valence electrons. The van der Waals surface area contributed by atoms with Crippen LogP contribution >= 0.6 is 0 Å². The molecule has 1 N–H and O–H groups in total. The minimum absolute atomic E-state index is 0.289. The molecule has 1 unspecified atom stereocenters. The Labute approximate surface area is 109 Å². The molecule has 1 aliphatic rings. The molecule has 3 heteroatoms. The van der Waals surface area contributed by atoms with E-state index in [1.165, 1.54) is 16.8 Å². The highest BCUT2D eigenvalue weighted by Gasteiger charge is 2.23. The van der Waals surface area contributed by atoms with Crippen molar-refractivity contribution in [3.8, 4) is 6.07 Å². The van der Waals surface area contributed by atoms with Crippen molar-refractivity contribution >= 4 is 5.69 Å². The average Bonchev–Trinajstić information content (AvgIpc) is 2.56. The maximum atomic E-state index is 9.01. The van der Waals surface area contributed by atoms with Crippen LogP contribution in [-0.2, 0) is 0 Å². The Morgan fingerprint density at radius 1 is 1.39 bits per heavy atom. The van der Waals surface area contributed by atoms with Crippen molar-refractivity contribution in [3.63, 3.8) is 0 Å². The lowest BCUT2D eigenvalue weighted by Gasteiger charge is -2.33. The summed E-state index contributed by atoms with van der Waals surface area (Å²) in [4.78, 5) is 2.42. The zero-order valence-corrected chi connectivity index (χ0v) is 11.2. The van der Waals surface area contributed by atoms with Crippen molar-refractivity contribution in [2.75, 3.05) is 24.5 Å². The number of nitrogens with zero attached hydrogens (tertiary/aromatic N) is 2. The van der Waals surface area contributed by atoms with E-state index in [1.54, 1.807) is 0 Å². The van der Waals surface area contributed by atoms with Crippen LogP contribution in [0, 0.1) is 25.2 Å². The van der Waals surface area contributed by atoms with Gasteiger partial charge in [0.2, 0.25) is 0 Å². The van der Waals surface area contributed by atoms with Gasteiger partial charge in [0.1, 0.15) is 0 Å². The zero-order chi connectivity index (χ0) is 13.0. The zero-order valence-electron chi connectivity index (χ0n) is 11.2. The number of aryl methyl sites for hydroxylation is 2. The second-order valence-electron chi connectivity index (χ2n) is 5.01. The average molecular weight is 243 g/mol. The smallest absolute Gasteiger partial charge is 0.0643 e. The highest BCUT2D eigenvalue weighted by molar-refractivity contribution is 5.59. The highest BCUT2D eigenvalue weighted by Crippen LogP contribution is 2.27. The quantitative estimate of drug-likeness (QED) is 0.867. The molecule has 1 saturated heterocycles. The molecule has 1 heterocycles. The lowest BCUT2D eigenvalue weighted by atomic mass is 10.0. The largest absolute Gasteiger partial charge is 0.366 e. The van der Waals surface area contributed by atoms with Crippen molar-refractivity contribution < 1.29 is 0 Å². The Morgan fingerprint density at radius 3 is 2.78 bits per heavy atom. The van der Waals surface area contributed by atoms with Gasteiger partial charge in [-0.3, -0.25) is 0 Å². The number of nitrogens with one attached hydrogen (secondary N) is 1.